The van der Waals surface area contributed by atoms with Crippen molar-refractivity contribution in [3.8, 4) is 0 Å². The summed E-state index contributed by atoms with van der Waals surface area (Å²) in [6.07, 6.45) is -3.15. The molecule has 2 aliphatic heterocycles. The Morgan fingerprint density at radius 2 is 1.33 bits per heavy atom. The Hall–Kier alpha value is -0.440. The minimum atomic E-state index is -2.25. The van der Waals surface area contributed by atoms with E-state index in [-0.39, 0.29) is 6.42 Å². The van der Waals surface area contributed by atoms with Gasteiger partial charge in [-0.05, 0) is 6.42 Å². The van der Waals surface area contributed by atoms with Gasteiger partial charge in [-0.2, -0.15) is 0 Å². The largest absolute Gasteiger partial charge is 0.394 e. The molecule has 0 spiro atoms. The fraction of sp³-hybridized carbons (Fsp3) is 1.00. The van der Waals surface area contributed by atoms with E-state index in [1.807, 2.05) is 0 Å². The normalized spacial score (nSPS) is 41.5. The summed E-state index contributed by atoms with van der Waals surface area (Å²) >= 11 is 0. The van der Waals surface area contributed by atoms with Gasteiger partial charge >= 0.3 is 0 Å². The van der Waals surface area contributed by atoms with Crippen molar-refractivity contribution in [2.24, 2.45) is 0 Å². The van der Waals surface area contributed by atoms with Gasteiger partial charge in [0.15, 0.2) is 6.29 Å². The average Bonchev–Trinajstić information content (AvgIpc) is 3.06. The summed E-state index contributed by atoms with van der Waals surface area (Å²) in [5, 5.41) is 81.7. The van der Waals surface area contributed by atoms with Crippen LogP contribution in [0.15, 0.2) is 0 Å². The molecular weight excluding hydrogens is 440 g/mol. The first-order chi connectivity index (χ1) is 15.7. The highest BCUT2D eigenvalue weighted by Crippen LogP contribution is 2.39. The molecule has 0 unspecified atom stereocenters. The maximum Gasteiger partial charge on any atom is 0.224 e. The zero-order valence-corrected chi connectivity index (χ0v) is 19.3. The Labute approximate surface area is 194 Å². The molecule has 2 heterocycles. The number of hydrogen-bond donors (Lipinski definition) is 8. The topological polar surface area (TPSA) is 190 Å². The SMILES string of the molecule is CCCCCCCCCC[C@@]1(O)[C@H](O)[C@@H](CO)O[C@H](O[C@]2(CO)O[C@H](CO)[C@@H](O)[C@@H]2O)[C@@H]1O. The van der Waals surface area contributed by atoms with Crippen LogP contribution in [0.4, 0.5) is 0 Å². The molecule has 0 bridgehead atoms. The van der Waals surface area contributed by atoms with Crippen LogP contribution in [0.5, 0.6) is 0 Å². The summed E-state index contributed by atoms with van der Waals surface area (Å²) in [5.41, 5.74) is -2.09. The van der Waals surface area contributed by atoms with Crippen molar-refractivity contribution in [3.63, 3.8) is 0 Å². The van der Waals surface area contributed by atoms with Crippen molar-refractivity contribution in [2.45, 2.75) is 119 Å². The summed E-state index contributed by atoms with van der Waals surface area (Å²) in [7, 11) is 0. The Morgan fingerprint density at radius 1 is 0.758 bits per heavy atom. The molecular formula is C22H42O11. The van der Waals surface area contributed by atoms with E-state index in [4.69, 9.17) is 14.2 Å². The molecule has 2 rings (SSSR count). The Morgan fingerprint density at radius 3 is 1.85 bits per heavy atom. The number of ether oxygens (including phenoxy) is 3. The van der Waals surface area contributed by atoms with Crippen LogP contribution < -0.4 is 0 Å². The van der Waals surface area contributed by atoms with Gasteiger partial charge in [0.2, 0.25) is 5.79 Å². The smallest absolute Gasteiger partial charge is 0.224 e. The fourth-order valence-electron chi connectivity index (χ4n) is 4.59. The molecule has 33 heavy (non-hydrogen) atoms. The molecule has 11 heteroatoms. The lowest BCUT2D eigenvalue weighted by molar-refractivity contribution is -0.398. The van der Waals surface area contributed by atoms with Crippen LogP contribution in [0.3, 0.4) is 0 Å². The number of unbranched alkanes of at least 4 members (excludes halogenated alkanes) is 7. The molecule has 196 valence electrons. The first-order valence-corrected chi connectivity index (χ1v) is 12.0. The maximum atomic E-state index is 11.2. The molecule has 9 atom stereocenters. The van der Waals surface area contributed by atoms with Crippen LogP contribution in [-0.2, 0) is 14.2 Å². The summed E-state index contributed by atoms with van der Waals surface area (Å²) in [6.45, 7) is -0.170. The quantitative estimate of drug-likeness (QED) is 0.135. The maximum absolute atomic E-state index is 11.2. The van der Waals surface area contributed by atoms with Crippen molar-refractivity contribution < 1.29 is 55.1 Å². The lowest BCUT2D eigenvalue weighted by Gasteiger charge is -2.49. The van der Waals surface area contributed by atoms with Gasteiger partial charge in [0.25, 0.3) is 0 Å². The van der Waals surface area contributed by atoms with E-state index in [0.717, 1.165) is 25.7 Å². The van der Waals surface area contributed by atoms with E-state index in [1.54, 1.807) is 0 Å². The standard InChI is InChI=1S/C22H42O11/c1-2-3-4-5-6-7-8-9-10-21(30)17(27)15(12-24)31-20(19(21)29)33-22(13-25)18(28)16(26)14(11-23)32-22/h14-20,23-30H,2-13H2,1H3/t14-,15-,16-,17-,18+,19+,20-,21-,22+/m1/s1. The number of hydrogen-bond acceptors (Lipinski definition) is 11. The van der Waals surface area contributed by atoms with Gasteiger partial charge in [0, 0.05) is 0 Å². The lowest BCUT2D eigenvalue weighted by Crippen LogP contribution is -2.69. The van der Waals surface area contributed by atoms with Crippen LogP contribution >= 0.6 is 0 Å². The van der Waals surface area contributed by atoms with Gasteiger partial charge in [0.1, 0.15) is 48.8 Å². The van der Waals surface area contributed by atoms with Crippen molar-refractivity contribution in [1.29, 1.82) is 0 Å². The number of aliphatic hydroxyl groups excluding tert-OH is 7. The van der Waals surface area contributed by atoms with Crippen LogP contribution in [0, 0.1) is 0 Å². The predicted octanol–water partition coefficient (Wildman–Crippen LogP) is -1.49. The van der Waals surface area contributed by atoms with Gasteiger partial charge in [-0.25, -0.2) is 0 Å². The summed E-state index contributed by atoms with van der Waals surface area (Å²) in [5.74, 6) is -2.25. The molecule has 2 aliphatic rings. The Bertz CT molecular complexity index is 566. The zero-order chi connectivity index (χ0) is 24.6. The van der Waals surface area contributed by atoms with E-state index in [0.29, 0.717) is 6.42 Å². The van der Waals surface area contributed by atoms with Gasteiger partial charge in [-0.1, -0.05) is 58.3 Å². The summed E-state index contributed by atoms with van der Waals surface area (Å²) in [6, 6.07) is 0. The fourth-order valence-corrected chi connectivity index (χ4v) is 4.59. The molecule has 0 aromatic carbocycles. The van der Waals surface area contributed by atoms with Gasteiger partial charge < -0.3 is 55.1 Å². The summed E-state index contributed by atoms with van der Waals surface area (Å²) < 4.78 is 16.2. The van der Waals surface area contributed by atoms with E-state index >= 15 is 0 Å². The third kappa shape index (κ3) is 6.42. The van der Waals surface area contributed by atoms with Crippen molar-refractivity contribution in [3.05, 3.63) is 0 Å². The minimum Gasteiger partial charge on any atom is -0.394 e. The number of aliphatic hydroxyl groups is 8. The van der Waals surface area contributed by atoms with Crippen LogP contribution in [-0.4, -0.2) is 115 Å². The summed E-state index contributed by atoms with van der Waals surface area (Å²) in [4.78, 5) is 0. The third-order valence-corrected chi connectivity index (χ3v) is 6.78. The van der Waals surface area contributed by atoms with Crippen molar-refractivity contribution in [1.82, 2.24) is 0 Å². The molecule has 0 aromatic heterocycles. The van der Waals surface area contributed by atoms with Gasteiger partial charge in [-0.15, -0.1) is 0 Å². The van der Waals surface area contributed by atoms with E-state index in [9.17, 15) is 40.9 Å². The second-order valence-corrected chi connectivity index (χ2v) is 9.19. The number of rotatable bonds is 14. The highest BCUT2D eigenvalue weighted by atomic mass is 16.8. The first-order valence-electron chi connectivity index (χ1n) is 12.0. The van der Waals surface area contributed by atoms with E-state index < -0.39 is 74.1 Å². The van der Waals surface area contributed by atoms with Crippen LogP contribution in [0.1, 0.15) is 64.7 Å². The molecule has 0 aromatic rings. The Balaban J connectivity index is 2.05. The first kappa shape index (κ1) is 28.8. The van der Waals surface area contributed by atoms with Crippen molar-refractivity contribution in [2.75, 3.05) is 19.8 Å². The predicted molar refractivity (Wildman–Crippen MR) is 115 cm³/mol. The Kier molecular flexibility index (Phi) is 11.4. The second kappa shape index (κ2) is 13.0. The molecule has 2 fully saturated rings. The molecule has 0 amide bonds. The molecule has 0 saturated carbocycles. The van der Waals surface area contributed by atoms with Gasteiger partial charge in [-0.3, -0.25) is 0 Å². The average molecular weight is 483 g/mol. The minimum absolute atomic E-state index is 0.00143. The lowest BCUT2D eigenvalue weighted by atomic mass is 9.80. The van der Waals surface area contributed by atoms with Crippen molar-refractivity contribution >= 4 is 0 Å². The van der Waals surface area contributed by atoms with Crippen LogP contribution in [0.25, 0.3) is 0 Å². The molecule has 0 aliphatic carbocycles. The highest BCUT2D eigenvalue weighted by Gasteiger charge is 2.61. The van der Waals surface area contributed by atoms with E-state index in [2.05, 4.69) is 6.92 Å². The highest BCUT2D eigenvalue weighted by molar-refractivity contribution is 5.04. The monoisotopic (exact) mass is 482 g/mol. The third-order valence-electron chi connectivity index (χ3n) is 6.78. The molecule has 0 radical (unpaired) electrons. The van der Waals surface area contributed by atoms with E-state index in [1.165, 1.54) is 19.3 Å². The van der Waals surface area contributed by atoms with Gasteiger partial charge in [0.05, 0.1) is 13.2 Å². The van der Waals surface area contributed by atoms with Crippen LogP contribution in [0.2, 0.25) is 0 Å². The zero-order valence-electron chi connectivity index (χ0n) is 19.3. The molecule has 11 nitrogen and oxygen atoms in total. The molecule has 2 saturated heterocycles. The second-order valence-electron chi connectivity index (χ2n) is 9.19. The molecule has 8 N–H and O–H groups in total.